The number of unbranched alkanes of at least 4 members (excludes halogenated alkanes) is 2. The fraction of sp³-hybridized carbons (Fsp3) is 1.00. The van der Waals surface area contributed by atoms with Crippen LogP contribution in [0.2, 0.25) is 25.2 Å². The molecule has 0 rings (SSSR count). The molecule has 0 saturated carbocycles. The van der Waals surface area contributed by atoms with E-state index in [1.54, 1.807) is 0 Å². The minimum Gasteiger partial charge on any atom is -0.395 e. The van der Waals surface area contributed by atoms with Gasteiger partial charge in [0, 0.05) is 52.7 Å². The smallest absolute Gasteiger partial charge is 0.334 e. The molecule has 0 aromatic rings. The van der Waals surface area contributed by atoms with E-state index >= 15 is 0 Å². The monoisotopic (exact) mass is 509 g/mol. The van der Waals surface area contributed by atoms with Gasteiger partial charge in [-0.2, -0.15) is 0 Å². The fourth-order valence-corrected chi connectivity index (χ4v) is 8.88. The summed E-state index contributed by atoms with van der Waals surface area (Å²) in [7, 11) is -3.95. The molecule has 0 aromatic heterocycles. The van der Waals surface area contributed by atoms with Crippen LogP contribution >= 0.6 is 0 Å². The van der Waals surface area contributed by atoms with Gasteiger partial charge in [0.1, 0.15) is 0 Å². The molecule has 0 N–H and O–H groups in total. The molecule has 0 bridgehead atoms. The summed E-state index contributed by atoms with van der Waals surface area (Å²) in [6.45, 7) is 23.7. The predicted octanol–water partition coefficient (Wildman–Crippen LogP) is 5.19. The highest BCUT2D eigenvalue weighted by Gasteiger charge is 2.30. The van der Waals surface area contributed by atoms with Crippen LogP contribution < -0.4 is 0 Å². The van der Waals surface area contributed by atoms with Gasteiger partial charge < -0.3 is 27.2 Å². The third-order valence-corrected chi connectivity index (χ3v) is 11.8. The number of nitrogens with zero attached hydrogens (tertiary/aromatic N) is 1. The summed E-state index contributed by atoms with van der Waals surface area (Å²) in [5.41, 5.74) is 0. The van der Waals surface area contributed by atoms with Crippen molar-refractivity contribution in [2.45, 2.75) is 85.5 Å². The van der Waals surface area contributed by atoms with E-state index < -0.39 is 17.1 Å². The van der Waals surface area contributed by atoms with Crippen molar-refractivity contribution in [3.8, 4) is 0 Å². The second kappa shape index (κ2) is 21.4. The van der Waals surface area contributed by atoms with Gasteiger partial charge in [-0.1, -0.05) is 6.92 Å². The summed E-state index contributed by atoms with van der Waals surface area (Å²) >= 11 is 0. The molecule has 0 radical (unpaired) electrons. The molecule has 0 spiro atoms. The van der Waals surface area contributed by atoms with Gasteiger partial charge in [0.05, 0.1) is 13.2 Å². The summed E-state index contributed by atoms with van der Waals surface area (Å²) < 4.78 is 35.3. The van der Waals surface area contributed by atoms with E-state index in [1.807, 2.05) is 27.7 Å². The maximum absolute atomic E-state index is 5.89. The summed E-state index contributed by atoms with van der Waals surface area (Å²) in [5.74, 6) is 0. The van der Waals surface area contributed by atoms with Crippen molar-refractivity contribution in [1.29, 1.82) is 0 Å². The van der Waals surface area contributed by atoms with Crippen LogP contribution in [-0.4, -0.2) is 94.5 Å². The molecule has 0 aromatic carbocycles. The van der Waals surface area contributed by atoms with Crippen LogP contribution in [0.25, 0.3) is 0 Å². The van der Waals surface area contributed by atoms with Crippen molar-refractivity contribution in [2.75, 3.05) is 72.5 Å². The summed E-state index contributed by atoms with van der Waals surface area (Å²) in [4.78, 5) is 2.39. The van der Waals surface area contributed by atoms with Gasteiger partial charge in [-0.3, -0.25) is 4.90 Å². The van der Waals surface area contributed by atoms with Crippen molar-refractivity contribution >= 4 is 17.1 Å². The minimum absolute atomic E-state index is 0.735. The van der Waals surface area contributed by atoms with Crippen LogP contribution in [0, 0.1) is 0 Å². The fourth-order valence-electron chi connectivity index (χ4n) is 3.91. The molecule has 0 aliphatic rings. The van der Waals surface area contributed by atoms with Gasteiger partial charge >= 0.3 is 17.1 Å². The SMILES string of the molecule is CCO[Si](C)(CCCCOCCN(CC)CCOCCCC[Si](C)(OCC)OCC)OCC. The van der Waals surface area contributed by atoms with Crippen LogP contribution in [0.4, 0.5) is 0 Å². The first-order chi connectivity index (χ1) is 15.9. The zero-order valence-electron chi connectivity index (χ0n) is 22.9. The molecule has 200 valence electrons. The van der Waals surface area contributed by atoms with Gasteiger partial charge in [0.15, 0.2) is 0 Å². The van der Waals surface area contributed by atoms with E-state index in [-0.39, 0.29) is 0 Å². The maximum atomic E-state index is 5.89. The molecule has 9 heteroatoms. The Morgan fingerprint density at radius 3 is 1.18 bits per heavy atom. The van der Waals surface area contributed by atoms with Crippen LogP contribution in [0.5, 0.6) is 0 Å². The Labute approximate surface area is 207 Å². The second-order valence-corrected chi connectivity index (χ2v) is 15.3. The lowest BCUT2D eigenvalue weighted by atomic mass is 10.3. The number of rotatable bonds is 25. The molecule has 0 saturated heterocycles. The maximum Gasteiger partial charge on any atom is 0.334 e. The molecule has 33 heavy (non-hydrogen) atoms. The lowest BCUT2D eigenvalue weighted by Crippen LogP contribution is -2.38. The van der Waals surface area contributed by atoms with E-state index in [0.29, 0.717) is 0 Å². The Morgan fingerprint density at radius 1 is 0.515 bits per heavy atom. The molecule has 0 aliphatic carbocycles. The highest BCUT2D eigenvalue weighted by Crippen LogP contribution is 2.18. The summed E-state index contributed by atoms with van der Waals surface area (Å²) in [5, 5.41) is 0. The molecular weight excluding hydrogens is 454 g/mol. The van der Waals surface area contributed by atoms with E-state index in [4.69, 9.17) is 27.2 Å². The molecule has 0 amide bonds. The van der Waals surface area contributed by atoms with E-state index in [0.717, 1.165) is 110 Å². The van der Waals surface area contributed by atoms with Gasteiger partial charge in [-0.05, 0) is 85.1 Å². The second-order valence-electron chi connectivity index (χ2n) is 8.57. The Morgan fingerprint density at radius 2 is 0.879 bits per heavy atom. The predicted molar refractivity (Wildman–Crippen MR) is 142 cm³/mol. The molecule has 0 fully saturated rings. The Bertz CT molecular complexity index is 386. The van der Waals surface area contributed by atoms with E-state index in [9.17, 15) is 0 Å². The average molecular weight is 510 g/mol. The quantitative estimate of drug-likeness (QED) is 0.124. The lowest BCUT2D eigenvalue weighted by Gasteiger charge is -2.26. The van der Waals surface area contributed by atoms with Crippen LogP contribution in [-0.2, 0) is 27.2 Å². The number of hydrogen-bond donors (Lipinski definition) is 0. The zero-order chi connectivity index (χ0) is 24.8. The third kappa shape index (κ3) is 18.1. The molecule has 0 unspecified atom stereocenters. The molecule has 0 heterocycles. The van der Waals surface area contributed by atoms with Gasteiger partial charge in [-0.25, -0.2) is 0 Å². The lowest BCUT2D eigenvalue weighted by molar-refractivity contribution is 0.0744. The van der Waals surface area contributed by atoms with Crippen molar-refractivity contribution in [3.63, 3.8) is 0 Å². The molecule has 7 nitrogen and oxygen atoms in total. The normalized spacial score (nSPS) is 12.7. The zero-order valence-corrected chi connectivity index (χ0v) is 24.9. The Hall–Kier alpha value is 0.154. The highest BCUT2D eigenvalue weighted by atomic mass is 28.4. The van der Waals surface area contributed by atoms with E-state index in [1.165, 1.54) is 0 Å². The van der Waals surface area contributed by atoms with Crippen molar-refractivity contribution in [2.24, 2.45) is 0 Å². The summed E-state index contributed by atoms with van der Waals surface area (Å²) in [6, 6.07) is 2.07. The average Bonchev–Trinajstić information content (AvgIpc) is 2.77. The number of hydrogen-bond acceptors (Lipinski definition) is 7. The number of likely N-dealkylation sites (N-methyl/N-ethyl adjacent to an activating group) is 1. The first kappa shape index (κ1) is 33.2. The Kier molecular flexibility index (Phi) is 21.5. The van der Waals surface area contributed by atoms with Gasteiger partial charge in [0.25, 0.3) is 0 Å². The number of ether oxygens (including phenoxy) is 2. The van der Waals surface area contributed by atoms with Crippen LogP contribution in [0.3, 0.4) is 0 Å². The largest absolute Gasteiger partial charge is 0.395 e. The van der Waals surface area contributed by atoms with Gasteiger partial charge in [0.2, 0.25) is 0 Å². The van der Waals surface area contributed by atoms with Gasteiger partial charge in [-0.15, -0.1) is 0 Å². The third-order valence-electron chi connectivity index (χ3n) is 5.69. The Balaban J connectivity index is 3.76. The highest BCUT2D eigenvalue weighted by molar-refractivity contribution is 6.66. The van der Waals surface area contributed by atoms with Crippen LogP contribution in [0.1, 0.15) is 60.3 Å². The van der Waals surface area contributed by atoms with E-state index in [2.05, 4.69) is 24.9 Å². The standard InChI is InChI=1S/C24H55NO6Si2/c1-8-25(17-21-26-19-13-15-23-32(6,28-9-2)29-10-3)18-22-27-20-14-16-24-33(7,30-11-4)31-12-5/h8-24H2,1-7H3. The van der Waals surface area contributed by atoms with Crippen molar-refractivity contribution in [3.05, 3.63) is 0 Å². The molecular formula is C24H55NO6Si2. The molecule has 0 atom stereocenters. The minimum atomic E-state index is -1.97. The topological polar surface area (TPSA) is 58.6 Å². The first-order valence-corrected chi connectivity index (χ1v) is 18.4. The molecule has 0 aliphatic heterocycles. The van der Waals surface area contributed by atoms with Crippen LogP contribution in [0.15, 0.2) is 0 Å². The van der Waals surface area contributed by atoms with Crippen molar-refractivity contribution in [1.82, 2.24) is 4.90 Å². The summed E-state index contributed by atoms with van der Waals surface area (Å²) in [6.07, 6.45) is 4.33. The first-order valence-electron chi connectivity index (χ1n) is 13.3. The van der Waals surface area contributed by atoms with Crippen molar-refractivity contribution < 1.29 is 27.2 Å².